The van der Waals surface area contributed by atoms with Crippen molar-refractivity contribution in [3.8, 4) is 0 Å². The van der Waals surface area contributed by atoms with Crippen LogP contribution in [0.2, 0.25) is 5.02 Å². The Morgan fingerprint density at radius 3 is 2.88 bits per heavy atom. The Hall–Kier alpha value is -0.250. The lowest BCUT2D eigenvalue weighted by molar-refractivity contribution is -0.129. The van der Waals surface area contributed by atoms with E-state index < -0.39 is 0 Å². The molecule has 1 aliphatic rings. The number of benzene rings is 1. The van der Waals surface area contributed by atoms with E-state index in [-0.39, 0.29) is 11.8 Å². The first-order chi connectivity index (χ1) is 7.61. The molecule has 1 aromatic carbocycles. The number of carbonyl (C=O) groups excluding carboxylic acids is 1. The van der Waals surface area contributed by atoms with Gasteiger partial charge in [0.2, 0.25) is 5.91 Å². The van der Waals surface area contributed by atoms with Gasteiger partial charge in [0.15, 0.2) is 0 Å². The largest absolute Gasteiger partial charge is 0.337 e. The molecule has 0 spiro atoms. The van der Waals surface area contributed by atoms with Crippen LogP contribution in [0, 0.1) is 0 Å². The maximum Gasteiger partial charge on any atom is 0.237 e. The minimum atomic E-state index is -0.0219. The number of hydrogen-bond acceptors (Lipinski definition) is 1. The first-order valence-corrected chi connectivity index (χ1v) is 6.63. The van der Waals surface area contributed by atoms with Gasteiger partial charge in [-0.05, 0) is 45.6 Å². The average molecular weight is 323 g/mol. The SMILES string of the molecule is O=C(CCl)N1CCc2cc(Br)c(Cl)cc2C1. The lowest BCUT2D eigenvalue weighted by Gasteiger charge is -2.28. The third-order valence-electron chi connectivity index (χ3n) is 2.72. The molecule has 0 N–H and O–H groups in total. The summed E-state index contributed by atoms with van der Waals surface area (Å²) in [6, 6.07) is 3.94. The molecule has 1 heterocycles. The summed E-state index contributed by atoms with van der Waals surface area (Å²) < 4.78 is 0.907. The molecule has 0 radical (unpaired) electrons. The van der Waals surface area contributed by atoms with Crippen LogP contribution < -0.4 is 0 Å². The van der Waals surface area contributed by atoms with Gasteiger partial charge in [0.25, 0.3) is 0 Å². The fraction of sp³-hybridized carbons (Fsp3) is 0.364. The number of rotatable bonds is 1. The van der Waals surface area contributed by atoms with Crippen molar-refractivity contribution < 1.29 is 4.79 Å². The zero-order chi connectivity index (χ0) is 11.7. The Morgan fingerprint density at radius 1 is 1.44 bits per heavy atom. The van der Waals surface area contributed by atoms with Gasteiger partial charge < -0.3 is 4.90 Å². The third-order valence-corrected chi connectivity index (χ3v) is 4.15. The summed E-state index contributed by atoms with van der Waals surface area (Å²) in [5, 5.41) is 0.680. The van der Waals surface area contributed by atoms with Crippen molar-refractivity contribution in [1.29, 1.82) is 0 Å². The van der Waals surface area contributed by atoms with Gasteiger partial charge in [0.1, 0.15) is 5.88 Å². The molecule has 1 aromatic rings. The number of nitrogens with zero attached hydrogens (tertiary/aromatic N) is 1. The number of carbonyl (C=O) groups is 1. The average Bonchev–Trinajstić information content (AvgIpc) is 2.29. The molecule has 0 saturated heterocycles. The van der Waals surface area contributed by atoms with Gasteiger partial charge in [-0.2, -0.15) is 0 Å². The molecule has 0 aliphatic carbocycles. The molecule has 5 heteroatoms. The molecule has 0 aromatic heterocycles. The fourth-order valence-electron chi connectivity index (χ4n) is 1.85. The van der Waals surface area contributed by atoms with Crippen LogP contribution in [-0.2, 0) is 17.8 Å². The number of amides is 1. The molecule has 0 fully saturated rings. The maximum absolute atomic E-state index is 11.5. The monoisotopic (exact) mass is 321 g/mol. The van der Waals surface area contributed by atoms with E-state index >= 15 is 0 Å². The number of fused-ring (bicyclic) bond motifs is 1. The number of alkyl halides is 1. The molecule has 0 atom stereocenters. The van der Waals surface area contributed by atoms with Crippen molar-refractivity contribution in [2.24, 2.45) is 0 Å². The second-order valence-corrected chi connectivity index (χ2v) is 5.26. The fourth-order valence-corrected chi connectivity index (χ4v) is 2.59. The molecule has 2 nitrogen and oxygen atoms in total. The molecule has 86 valence electrons. The van der Waals surface area contributed by atoms with Gasteiger partial charge in [-0.3, -0.25) is 4.79 Å². The molecular weight excluding hydrogens is 313 g/mol. The van der Waals surface area contributed by atoms with Crippen LogP contribution in [0.3, 0.4) is 0 Å². The molecular formula is C11H10BrCl2NO. The summed E-state index contributed by atoms with van der Waals surface area (Å²) in [6.07, 6.45) is 0.855. The minimum Gasteiger partial charge on any atom is -0.337 e. The Morgan fingerprint density at radius 2 is 2.19 bits per heavy atom. The highest BCUT2D eigenvalue weighted by Crippen LogP contribution is 2.29. The molecule has 2 rings (SSSR count). The van der Waals surface area contributed by atoms with Crippen molar-refractivity contribution in [3.63, 3.8) is 0 Å². The highest BCUT2D eigenvalue weighted by molar-refractivity contribution is 9.10. The second kappa shape index (κ2) is 4.94. The van der Waals surface area contributed by atoms with Crippen LogP contribution in [0.1, 0.15) is 11.1 Å². The molecule has 0 saturated carbocycles. The molecule has 1 amide bonds. The first-order valence-electron chi connectivity index (χ1n) is 4.92. The second-order valence-electron chi connectivity index (χ2n) is 3.73. The van der Waals surface area contributed by atoms with E-state index in [1.54, 1.807) is 4.90 Å². The summed E-state index contributed by atoms with van der Waals surface area (Å²) >= 11 is 15.0. The summed E-state index contributed by atoms with van der Waals surface area (Å²) in [5.41, 5.74) is 2.35. The zero-order valence-electron chi connectivity index (χ0n) is 8.47. The highest BCUT2D eigenvalue weighted by Gasteiger charge is 2.20. The van der Waals surface area contributed by atoms with Gasteiger partial charge in [-0.25, -0.2) is 0 Å². The first kappa shape index (κ1) is 12.2. The van der Waals surface area contributed by atoms with Crippen molar-refractivity contribution in [1.82, 2.24) is 4.90 Å². The van der Waals surface area contributed by atoms with Gasteiger partial charge in [-0.15, -0.1) is 11.6 Å². The normalized spacial score (nSPS) is 14.8. The van der Waals surface area contributed by atoms with E-state index in [2.05, 4.69) is 15.9 Å². The minimum absolute atomic E-state index is 0.0219. The van der Waals surface area contributed by atoms with E-state index in [9.17, 15) is 4.79 Å². The predicted molar refractivity (Wildman–Crippen MR) is 69.0 cm³/mol. The summed E-state index contributed by atoms with van der Waals surface area (Å²) in [6.45, 7) is 1.33. The van der Waals surface area contributed by atoms with E-state index in [0.717, 1.165) is 23.0 Å². The molecule has 16 heavy (non-hydrogen) atoms. The van der Waals surface area contributed by atoms with Crippen LogP contribution in [0.5, 0.6) is 0 Å². The van der Waals surface area contributed by atoms with Crippen LogP contribution in [-0.4, -0.2) is 23.2 Å². The summed E-state index contributed by atoms with van der Waals surface area (Å²) in [4.78, 5) is 13.2. The lowest BCUT2D eigenvalue weighted by atomic mass is 10.00. The van der Waals surface area contributed by atoms with Crippen LogP contribution in [0.15, 0.2) is 16.6 Å². The number of hydrogen-bond donors (Lipinski definition) is 0. The van der Waals surface area contributed by atoms with Gasteiger partial charge in [0.05, 0.1) is 5.02 Å². The topological polar surface area (TPSA) is 20.3 Å². The Bertz CT molecular complexity index is 436. The van der Waals surface area contributed by atoms with E-state index in [0.29, 0.717) is 11.6 Å². The third kappa shape index (κ3) is 2.36. The lowest BCUT2D eigenvalue weighted by Crippen LogP contribution is -2.36. The smallest absolute Gasteiger partial charge is 0.237 e. The van der Waals surface area contributed by atoms with Crippen LogP contribution >= 0.6 is 39.1 Å². The molecule has 0 unspecified atom stereocenters. The van der Waals surface area contributed by atoms with E-state index in [1.807, 2.05) is 12.1 Å². The Kier molecular flexibility index (Phi) is 3.77. The quantitative estimate of drug-likeness (QED) is 0.727. The van der Waals surface area contributed by atoms with Gasteiger partial charge in [-0.1, -0.05) is 11.6 Å². The van der Waals surface area contributed by atoms with E-state index in [1.165, 1.54) is 5.56 Å². The number of halogens is 3. The Balaban J connectivity index is 2.27. The Labute approximate surface area is 113 Å². The van der Waals surface area contributed by atoms with Crippen molar-refractivity contribution in [3.05, 3.63) is 32.8 Å². The van der Waals surface area contributed by atoms with Crippen LogP contribution in [0.4, 0.5) is 0 Å². The highest BCUT2D eigenvalue weighted by atomic mass is 79.9. The van der Waals surface area contributed by atoms with E-state index in [4.69, 9.17) is 23.2 Å². The molecule has 1 aliphatic heterocycles. The maximum atomic E-state index is 11.5. The summed E-state index contributed by atoms with van der Waals surface area (Å²) in [7, 11) is 0. The standard InChI is InChI=1S/C11H10BrCl2NO/c12-9-3-7-1-2-15(11(16)5-13)6-8(7)4-10(9)14/h3-4H,1-2,5-6H2. The van der Waals surface area contributed by atoms with Crippen molar-refractivity contribution in [2.45, 2.75) is 13.0 Å². The predicted octanol–water partition coefficient (Wildman–Crippen LogP) is 3.23. The van der Waals surface area contributed by atoms with Gasteiger partial charge in [0, 0.05) is 17.6 Å². The van der Waals surface area contributed by atoms with Gasteiger partial charge >= 0.3 is 0 Å². The van der Waals surface area contributed by atoms with Crippen LogP contribution in [0.25, 0.3) is 0 Å². The molecule has 0 bridgehead atoms. The zero-order valence-corrected chi connectivity index (χ0v) is 11.6. The van der Waals surface area contributed by atoms with Crippen molar-refractivity contribution >= 4 is 45.0 Å². The summed E-state index contributed by atoms with van der Waals surface area (Å²) in [5.74, 6) is 0.0194. The van der Waals surface area contributed by atoms with Crippen molar-refractivity contribution in [2.75, 3.05) is 12.4 Å².